The van der Waals surface area contributed by atoms with Crippen LogP contribution in [0.4, 0.5) is 9.80 Å². The first-order valence-corrected chi connectivity index (χ1v) is 8.93. The van der Waals surface area contributed by atoms with Gasteiger partial charge in [-0.1, -0.05) is 24.3 Å². The van der Waals surface area contributed by atoms with Gasteiger partial charge in [-0.2, -0.15) is 5.26 Å². The zero-order valence-corrected chi connectivity index (χ0v) is 14.4. The van der Waals surface area contributed by atoms with Gasteiger partial charge in [0.25, 0.3) is 5.91 Å². The van der Waals surface area contributed by atoms with Gasteiger partial charge in [0.15, 0.2) is 0 Å². The summed E-state index contributed by atoms with van der Waals surface area (Å²) in [5, 5.41) is 16.5. The van der Waals surface area contributed by atoms with Gasteiger partial charge in [-0.15, -0.1) is 11.3 Å². The zero-order valence-electron chi connectivity index (χ0n) is 13.6. The van der Waals surface area contributed by atoms with Crippen molar-refractivity contribution in [1.29, 1.82) is 5.26 Å². The molecule has 130 valence electrons. The van der Waals surface area contributed by atoms with E-state index >= 15 is 0 Å². The summed E-state index contributed by atoms with van der Waals surface area (Å²) in [5.74, 6) is -0.926. The highest BCUT2D eigenvalue weighted by molar-refractivity contribution is 7.14. The van der Waals surface area contributed by atoms with Crippen molar-refractivity contribution in [2.24, 2.45) is 0 Å². The van der Waals surface area contributed by atoms with Crippen LogP contribution in [0.15, 0.2) is 35.7 Å². The van der Waals surface area contributed by atoms with Gasteiger partial charge in [-0.05, 0) is 35.4 Å². The minimum Gasteiger partial charge on any atom is -0.319 e. The van der Waals surface area contributed by atoms with Gasteiger partial charge in [-0.25, -0.2) is 4.79 Å². The highest BCUT2D eigenvalue weighted by Crippen LogP contribution is 2.41. The molecule has 0 saturated carbocycles. The first kappa shape index (κ1) is 16.3. The second-order valence-electron chi connectivity index (χ2n) is 6.21. The monoisotopic (exact) mass is 366 g/mol. The molecule has 4 amide bonds. The van der Waals surface area contributed by atoms with Gasteiger partial charge < -0.3 is 10.6 Å². The minimum atomic E-state index is -1.07. The van der Waals surface area contributed by atoms with Crippen molar-refractivity contribution in [3.63, 3.8) is 0 Å². The molecule has 1 aromatic carbocycles. The summed E-state index contributed by atoms with van der Waals surface area (Å²) < 4.78 is 0. The van der Waals surface area contributed by atoms with Gasteiger partial charge in [0, 0.05) is 0 Å². The molecule has 1 aliphatic heterocycles. The average molecular weight is 366 g/mol. The topological polar surface area (TPSA) is 102 Å². The van der Waals surface area contributed by atoms with Gasteiger partial charge in [0.05, 0.1) is 5.56 Å². The number of benzene rings is 1. The Morgan fingerprint density at radius 2 is 2.15 bits per heavy atom. The summed E-state index contributed by atoms with van der Waals surface area (Å²) in [7, 11) is 0. The molecule has 2 aromatic rings. The van der Waals surface area contributed by atoms with E-state index in [1.165, 1.54) is 11.3 Å². The van der Waals surface area contributed by atoms with E-state index < -0.39 is 29.9 Å². The van der Waals surface area contributed by atoms with Crippen LogP contribution in [0.1, 0.15) is 23.1 Å². The lowest BCUT2D eigenvalue weighted by Gasteiger charge is -2.22. The molecule has 1 saturated heterocycles. The summed E-state index contributed by atoms with van der Waals surface area (Å²) in [4.78, 5) is 38.6. The lowest BCUT2D eigenvalue weighted by atomic mass is 9.92. The van der Waals surface area contributed by atoms with E-state index in [1.54, 1.807) is 11.4 Å². The Morgan fingerprint density at radius 3 is 2.96 bits per heavy atom. The number of hydrogen-bond acceptors (Lipinski definition) is 5. The summed E-state index contributed by atoms with van der Waals surface area (Å²) in [6.07, 6.45) is 1.18. The maximum absolute atomic E-state index is 13.0. The van der Waals surface area contributed by atoms with Crippen LogP contribution in [0.3, 0.4) is 0 Å². The van der Waals surface area contributed by atoms with Gasteiger partial charge >= 0.3 is 6.03 Å². The van der Waals surface area contributed by atoms with Crippen LogP contribution in [0.5, 0.6) is 0 Å². The number of hydrogen-bond donors (Lipinski definition) is 2. The van der Waals surface area contributed by atoms with E-state index in [0.29, 0.717) is 23.4 Å². The van der Waals surface area contributed by atoms with E-state index in [1.807, 2.05) is 30.3 Å². The number of imide groups is 1. The van der Waals surface area contributed by atoms with Crippen molar-refractivity contribution < 1.29 is 14.4 Å². The molecule has 1 fully saturated rings. The molecule has 2 N–H and O–H groups in total. The number of aryl methyl sites for hydroxylation is 1. The number of rotatable bonds is 3. The quantitative estimate of drug-likeness (QED) is 0.811. The van der Waals surface area contributed by atoms with Gasteiger partial charge in [0.1, 0.15) is 23.2 Å². The second kappa shape index (κ2) is 5.97. The molecule has 26 heavy (non-hydrogen) atoms. The van der Waals surface area contributed by atoms with Crippen LogP contribution in [0.2, 0.25) is 0 Å². The normalized spacial score (nSPS) is 20.8. The van der Waals surface area contributed by atoms with Crippen LogP contribution in [0.25, 0.3) is 0 Å². The summed E-state index contributed by atoms with van der Waals surface area (Å²) in [6, 6.07) is 10.5. The Bertz CT molecular complexity index is 977. The van der Waals surface area contributed by atoms with E-state index in [0.717, 1.165) is 16.0 Å². The van der Waals surface area contributed by atoms with E-state index in [9.17, 15) is 14.4 Å². The highest BCUT2D eigenvalue weighted by Gasteiger charge is 2.55. The van der Waals surface area contributed by atoms with Crippen molar-refractivity contribution in [2.75, 3.05) is 11.9 Å². The second-order valence-corrected chi connectivity index (χ2v) is 7.12. The highest BCUT2D eigenvalue weighted by atomic mass is 32.1. The molecule has 1 atom stereocenters. The number of anilines is 1. The fourth-order valence-electron chi connectivity index (χ4n) is 3.54. The van der Waals surface area contributed by atoms with Crippen LogP contribution < -0.4 is 10.6 Å². The van der Waals surface area contributed by atoms with E-state index in [2.05, 4.69) is 10.6 Å². The minimum absolute atomic E-state index is 0.349. The van der Waals surface area contributed by atoms with Crippen LogP contribution in [-0.4, -0.2) is 29.3 Å². The number of carbonyl (C=O) groups is 3. The standard InChI is InChI=1S/C18H14N4O3S/c19-9-12-6-8-26-15(12)20-14(23)10-22-16(24)18(21-17(22)25)7-5-11-3-1-2-4-13(11)18/h1-4,6,8H,5,7,10H2,(H,20,23)(H,21,25). The fourth-order valence-corrected chi connectivity index (χ4v) is 4.29. The summed E-state index contributed by atoms with van der Waals surface area (Å²) >= 11 is 1.21. The third kappa shape index (κ3) is 2.36. The molecule has 8 heteroatoms. The maximum atomic E-state index is 13.0. The predicted molar refractivity (Wildman–Crippen MR) is 94.3 cm³/mol. The number of amides is 4. The summed E-state index contributed by atoms with van der Waals surface area (Å²) in [5.41, 5.74) is 1.10. The molecule has 4 rings (SSSR count). The van der Waals surface area contributed by atoms with E-state index in [4.69, 9.17) is 5.26 Å². The molecule has 2 heterocycles. The van der Waals surface area contributed by atoms with Crippen molar-refractivity contribution in [3.05, 3.63) is 52.4 Å². The predicted octanol–water partition coefficient (Wildman–Crippen LogP) is 1.95. The zero-order chi connectivity index (χ0) is 18.3. The maximum Gasteiger partial charge on any atom is 0.325 e. The molecule has 1 unspecified atom stereocenters. The van der Waals surface area contributed by atoms with Crippen molar-refractivity contribution >= 4 is 34.2 Å². The Labute approximate surface area is 153 Å². The Balaban J connectivity index is 1.54. The largest absolute Gasteiger partial charge is 0.325 e. The average Bonchev–Trinajstić information content (AvgIpc) is 3.30. The van der Waals surface area contributed by atoms with Gasteiger partial charge in [0.2, 0.25) is 5.91 Å². The number of fused-ring (bicyclic) bond motifs is 2. The lowest BCUT2D eigenvalue weighted by molar-refractivity contribution is -0.134. The number of thiophene rings is 1. The Hall–Kier alpha value is -3.18. The number of urea groups is 1. The number of nitriles is 1. The first-order chi connectivity index (χ1) is 12.5. The van der Waals surface area contributed by atoms with E-state index in [-0.39, 0.29) is 0 Å². The molecular weight excluding hydrogens is 352 g/mol. The third-order valence-corrected chi connectivity index (χ3v) is 5.59. The molecule has 1 spiro atoms. The van der Waals surface area contributed by atoms with Crippen LogP contribution in [-0.2, 0) is 21.5 Å². The molecule has 2 aliphatic rings. The lowest BCUT2D eigenvalue weighted by Crippen LogP contribution is -2.42. The Morgan fingerprint density at radius 1 is 1.35 bits per heavy atom. The molecule has 1 aromatic heterocycles. The number of carbonyl (C=O) groups excluding carboxylic acids is 3. The van der Waals surface area contributed by atoms with Crippen LogP contribution >= 0.6 is 11.3 Å². The fraction of sp³-hybridized carbons (Fsp3) is 0.222. The van der Waals surface area contributed by atoms with Crippen molar-refractivity contribution in [2.45, 2.75) is 18.4 Å². The first-order valence-electron chi connectivity index (χ1n) is 8.05. The molecule has 1 aliphatic carbocycles. The molecule has 0 bridgehead atoms. The molecule has 7 nitrogen and oxygen atoms in total. The smallest absolute Gasteiger partial charge is 0.319 e. The van der Waals surface area contributed by atoms with Crippen molar-refractivity contribution in [1.82, 2.24) is 10.2 Å². The van der Waals surface area contributed by atoms with Crippen LogP contribution in [0, 0.1) is 11.3 Å². The Kier molecular flexibility index (Phi) is 3.74. The van der Waals surface area contributed by atoms with Crippen molar-refractivity contribution in [3.8, 4) is 6.07 Å². The van der Waals surface area contributed by atoms with Gasteiger partial charge in [-0.3, -0.25) is 14.5 Å². The number of nitrogens with zero attached hydrogens (tertiary/aromatic N) is 2. The molecular formula is C18H14N4O3S. The summed E-state index contributed by atoms with van der Waals surface area (Å²) in [6.45, 7) is -0.392. The third-order valence-electron chi connectivity index (χ3n) is 4.76. The SMILES string of the molecule is N#Cc1ccsc1NC(=O)CN1C(=O)NC2(CCc3ccccc32)C1=O. The number of nitrogens with one attached hydrogen (secondary N) is 2. The molecule has 0 radical (unpaired) electrons.